The van der Waals surface area contributed by atoms with Gasteiger partial charge in [0.2, 0.25) is 0 Å². The minimum absolute atomic E-state index is 0.0503. The average molecular weight is 953 g/mol. The molecule has 66 heavy (non-hydrogen) atoms. The Morgan fingerprint density at radius 2 is 0.864 bits per heavy atom. The highest BCUT2D eigenvalue weighted by Crippen LogP contribution is 2.43. The molecule has 0 spiro atoms. The molecule has 0 aliphatic heterocycles. The summed E-state index contributed by atoms with van der Waals surface area (Å²) in [5.41, 5.74) is 0. The lowest BCUT2D eigenvalue weighted by molar-refractivity contribution is -0.154. The fraction of sp³-hybridized carbons (Fsp3) is 0.839. The molecule has 10 heteroatoms. The van der Waals surface area contributed by atoms with Crippen LogP contribution in [-0.4, -0.2) is 66.3 Å². The van der Waals surface area contributed by atoms with E-state index in [-0.39, 0.29) is 25.6 Å². The molecule has 388 valence electrons. The molecule has 0 aromatic carbocycles. The Kier molecular flexibility index (Phi) is 51.5. The first-order chi connectivity index (χ1) is 32.3. The number of rotatable bonds is 53. The second kappa shape index (κ2) is 52.8. The normalized spacial score (nSPS) is 14.1. The Bertz CT molecular complexity index is 1170. The van der Waals surface area contributed by atoms with Gasteiger partial charge in [-0.05, 0) is 51.4 Å². The van der Waals surface area contributed by atoms with Gasteiger partial charge in [0.05, 0.1) is 26.4 Å². The second-order valence-electron chi connectivity index (χ2n) is 18.6. The van der Waals surface area contributed by atoms with Gasteiger partial charge in [-0.2, -0.15) is 0 Å². The van der Waals surface area contributed by atoms with E-state index < -0.39 is 33.2 Å². The maximum Gasteiger partial charge on any atom is 0.472 e. The van der Waals surface area contributed by atoms with Crippen molar-refractivity contribution >= 4 is 13.8 Å². The van der Waals surface area contributed by atoms with Gasteiger partial charge in [-0.15, -0.1) is 0 Å². The summed E-state index contributed by atoms with van der Waals surface area (Å²) in [7, 11) is -4.53. The molecule has 0 heterocycles. The first-order valence-electron chi connectivity index (χ1n) is 27.6. The SMILES string of the molecule is CC/C=C\C/C=C\C/C=C\C/C=C\CCCCCCCCCCCCC(=O)OC(COCCCCCCCCCCCCCCCCCCCCCCCC)COP(=O)(O)OCC(O)CO. The summed E-state index contributed by atoms with van der Waals surface area (Å²) in [6.07, 6.45) is 62.3. The molecule has 3 unspecified atom stereocenters. The van der Waals surface area contributed by atoms with Crippen LogP contribution in [0.2, 0.25) is 0 Å². The van der Waals surface area contributed by atoms with Crippen LogP contribution in [0.15, 0.2) is 48.6 Å². The van der Waals surface area contributed by atoms with Crippen LogP contribution in [0, 0.1) is 0 Å². The fourth-order valence-electron chi connectivity index (χ4n) is 7.88. The van der Waals surface area contributed by atoms with Crippen LogP contribution < -0.4 is 0 Å². The fourth-order valence-corrected chi connectivity index (χ4v) is 8.67. The molecule has 0 aromatic heterocycles. The lowest BCUT2D eigenvalue weighted by Gasteiger charge is -2.20. The topological polar surface area (TPSA) is 132 Å². The number of aliphatic hydroxyl groups excluding tert-OH is 2. The van der Waals surface area contributed by atoms with Crippen LogP contribution in [0.4, 0.5) is 0 Å². The van der Waals surface area contributed by atoms with Gasteiger partial charge in [-0.3, -0.25) is 13.8 Å². The molecule has 0 radical (unpaired) electrons. The molecule has 0 aliphatic rings. The largest absolute Gasteiger partial charge is 0.472 e. The molecule has 0 saturated carbocycles. The monoisotopic (exact) mass is 953 g/mol. The number of unbranched alkanes of at least 4 members (excludes halogenated alkanes) is 31. The number of aliphatic hydroxyl groups is 2. The third kappa shape index (κ3) is 51.8. The predicted molar refractivity (Wildman–Crippen MR) is 279 cm³/mol. The van der Waals surface area contributed by atoms with Crippen LogP contribution in [0.5, 0.6) is 0 Å². The lowest BCUT2D eigenvalue weighted by Crippen LogP contribution is -2.29. The Morgan fingerprint density at radius 3 is 1.30 bits per heavy atom. The Labute approximate surface area is 407 Å². The summed E-state index contributed by atoms with van der Waals surface area (Å²) in [6, 6.07) is 0. The van der Waals surface area contributed by atoms with Crippen LogP contribution >= 0.6 is 7.82 Å². The molecule has 3 N–H and O–H groups in total. The summed E-state index contributed by atoms with van der Waals surface area (Å²) in [6.45, 7) is 3.46. The molecule has 0 rings (SSSR count). The van der Waals surface area contributed by atoms with Crippen molar-refractivity contribution in [1.29, 1.82) is 0 Å². The van der Waals surface area contributed by atoms with E-state index in [1.54, 1.807) is 0 Å². The van der Waals surface area contributed by atoms with E-state index in [4.69, 9.17) is 23.6 Å². The first kappa shape index (κ1) is 64.4. The van der Waals surface area contributed by atoms with E-state index in [0.717, 1.165) is 70.6 Å². The molecular weight excluding hydrogens is 848 g/mol. The number of esters is 1. The van der Waals surface area contributed by atoms with Gasteiger partial charge < -0.3 is 24.6 Å². The number of hydrogen-bond acceptors (Lipinski definition) is 8. The molecule has 0 aliphatic carbocycles. The smallest absolute Gasteiger partial charge is 0.457 e. The third-order valence-electron chi connectivity index (χ3n) is 12.0. The van der Waals surface area contributed by atoms with E-state index in [9.17, 15) is 19.4 Å². The van der Waals surface area contributed by atoms with Crippen molar-refractivity contribution < 1.29 is 43.0 Å². The lowest BCUT2D eigenvalue weighted by atomic mass is 10.0. The van der Waals surface area contributed by atoms with E-state index in [2.05, 4.69) is 62.5 Å². The quantitative estimate of drug-likeness (QED) is 0.0236. The van der Waals surface area contributed by atoms with Crippen LogP contribution in [-0.2, 0) is 27.9 Å². The van der Waals surface area contributed by atoms with E-state index in [0.29, 0.717) is 6.61 Å². The second-order valence-corrected chi connectivity index (χ2v) is 20.0. The Morgan fingerprint density at radius 1 is 0.485 bits per heavy atom. The van der Waals surface area contributed by atoms with Gasteiger partial charge in [0.25, 0.3) is 0 Å². The van der Waals surface area contributed by atoms with Crippen LogP contribution in [0.3, 0.4) is 0 Å². The van der Waals surface area contributed by atoms with Crippen LogP contribution in [0.25, 0.3) is 0 Å². The number of allylic oxidation sites excluding steroid dienone is 8. The van der Waals surface area contributed by atoms with Gasteiger partial charge in [0.1, 0.15) is 12.2 Å². The maximum atomic E-state index is 12.7. The average Bonchev–Trinajstić information content (AvgIpc) is 3.31. The van der Waals surface area contributed by atoms with Crippen molar-refractivity contribution in [3.63, 3.8) is 0 Å². The van der Waals surface area contributed by atoms with Crippen molar-refractivity contribution in [3.8, 4) is 0 Å². The zero-order valence-corrected chi connectivity index (χ0v) is 43.8. The zero-order chi connectivity index (χ0) is 48.1. The number of carbonyl (C=O) groups is 1. The van der Waals surface area contributed by atoms with Crippen molar-refractivity contribution in [2.45, 2.75) is 270 Å². The van der Waals surface area contributed by atoms with Gasteiger partial charge in [-0.25, -0.2) is 4.57 Å². The first-order valence-corrected chi connectivity index (χ1v) is 29.1. The number of carbonyl (C=O) groups excluding carboxylic acids is 1. The molecule has 0 bridgehead atoms. The molecule has 0 amide bonds. The van der Waals surface area contributed by atoms with Crippen molar-refractivity contribution in [3.05, 3.63) is 48.6 Å². The molecule has 0 fully saturated rings. The summed E-state index contributed by atoms with van der Waals surface area (Å²) in [5, 5.41) is 18.5. The molecule has 9 nitrogen and oxygen atoms in total. The minimum atomic E-state index is -4.53. The molecule has 3 atom stereocenters. The van der Waals surface area contributed by atoms with Crippen molar-refractivity contribution in [2.24, 2.45) is 0 Å². The van der Waals surface area contributed by atoms with E-state index >= 15 is 0 Å². The summed E-state index contributed by atoms with van der Waals surface area (Å²) >= 11 is 0. The van der Waals surface area contributed by atoms with E-state index in [1.807, 2.05) is 0 Å². The number of phosphoric acid groups is 1. The van der Waals surface area contributed by atoms with Crippen molar-refractivity contribution in [2.75, 3.05) is 33.0 Å². The standard InChI is InChI=1S/C56H105O9P/c1-3-5-7-9-11-13-15-17-19-21-23-25-27-28-30-32-34-36-38-40-42-44-46-48-56(59)65-55(53-64-66(60,61)63-51-54(58)50-57)52-62-49-47-45-43-41-39-37-35-33-31-29-26-24-22-20-18-16-14-12-10-8-6-4-2/h5,7,11,13,17,19,23,25,54-55,57-58H,3-4,6,8-10,12,14-16,18,20-22,24,26-53H2,1-2H3,(H,60,61)/b7-5-,13-11-,19-17-,25-23-. The zero-order valence-electron chi connectivity index (χ0n) is 42.9. The highest BCUT2D eigenvalue weighted by atomic mass is 31.2. The maximum absolute atomic E-state index is 12.7. The van der Waals surface area contributed by atoms with Crippen molar-refractivity contribution in [1.82, 2.24) is 0 Å². The predicted octanol–water partition coefficient (Wildman–Crippen LogP) is 16.5. The molecular formula is C56H105O9P. The summed E-state index contributed by atoms with van der Waals surface area (Å²) in [4.78, 5) is 22.7. The number of hydrogen-bond donors (Lipinski definition) is 3. The number of phosphoric ester groups is 1. The van der Waals surface area contributed by atoms with Gasteiger partial charge in [0.15, 0.2) is 0 Å². The Hall–Kier alpha value is -1.58. The summed E-state index contributed by atoms with van der Waals surface area (Å²) in [5.74, 6) is -0.383. The van der Waals surface area contributed by atoms with Crippen LogP contribution in [0.1, 0.15) is 258 Å². The number of ether oxygens (including phenoxy) is 2. The molecule has 0 aromatic rings. The third-order valence-corrected chi connectivity index (χ3v) is 13.0. The van der Waals surface area contributed by atoms with Gasteiger partial charge >= 0.3 is 13.8 Å². The highest BCUT2D eigenvalue weighted by molar-refractivity contribution is 7.47. The van der Waals surface area contributed by atoms with Gasteiger partial charge in [-0.1, -0.05) is 249 Å². The van der Waals surface area contributed by atoms with Gasteiger partial charge in [0, 0.05) is 13.0 Å². The van der Waals surface area contributed by atoms with E-state index in [1.165, 1.54) is 167 Å². The minimum Gasteiger partial charge on any atom is -0.457 e. The Balaban J connectivity index is 4.02. The summed E-state index contributed by atoms with van der Waals surface area (Å²) < 4.78 is 33.6. The highest BCUT2D eigenvalue weighted by Gasteiger charge is 2.26. The molecule has 0 saturated heterocycles.